The Kier molecular flexibility index (Phi) is 3.85. The van der Waals surface area contributed by atoms with Crippen molar-refractivity contribution in [3.8, 4) is 11.1 Å². The minimum atomic E-state index is -1.24. The molecule has 0 saturated carbocycles. The summed E-state index contributed by atoms with van der Waals surface area (Å²) in [4.78, 5) is 24.8. The Bertz CT molecular complexity index is 725. The number of aromatic carboxylic acids is 1. The van der Waals surface area contributed by atoms with Gasteiger partial charge in [0.15, 0.2) is 0 Å². The van der Waals surface area contributed by atoms with Crippen molar-refractivity contribution in [1.29, 1.82) is 0 Å². The molecule has 19 heavy (non-hydrogen) atoms. The number of nitrogens with one attached hydrogen (secondary N) is 1. The van der Waals surface area contributed by atoms with Crippen molar-refractivity contribution in [3.63, 3.8) is 0 Å². The number of pyridine rings is 1. The third-order valence-electron chi connectivity index (χ3n) is 2.44. The number of halogens is 3. The molecule has 0 unspecified atom stereocenters. The van der Waals surface area contributed by atoms with Gasteiger partial charge in [-0.25, -0.2) is 4.79 Å². The molecule has 0 atom stereocenters. The van der Waals surface area contributed by atoms with Gasteiger partial charge in [0.05, 0.1) is 15.6 Å². The number of H-pyrrole nitrogens is 1. The number of rotatable bonds is 2. The van der Waals surface area contributed by atoms with Crippen molar-refractivity contribution in [2.24, 2.45) is 0 Å². The topological polar surface area (TPSA) is 70.2 Å². The second-order valence-electron chi connectivity index (χ2n) is 3.68. The van der Waals surface area contributed by atoms with Gasteiger partial charge in [-0.2, -0.15) is 0 Å². The van der Waals surface area contributed by atoms with Crippen LogP contribution in [-0.2, 0) is 0 Å². The zero-order valence-corrected chi connectivity index (χ0v) is 11.5. The molecule has 1 heterocycles. The Labute approximate surface area is 122 Å². The summed E-state index contributed by atoms with van der Waals surface area (Å²) >= 11 is 17.8. The fourth-order valence-electron chi connectivity index (χ4n) is 1.62. The Morgan fingerprint density at radius 3 is 2.42 bits per heavy atom. The van der Waals surface area contributed by atoms with E-state index < -0.39 is 11.5 Å². The van der Waals surface area contributed by atoms with E-state index >= 15 is 0 Å². The number of benzene rings is 1. The van der Waals surface area contributed by atoms with Crippen LogP contribution in [0.5, 0.6) is 0 Å². The van der Waals surface area contributed by atoms with E-state index in [1.54, 1.807) is 0 Å². The molecule has 1 aromatic carbocycles. The molecule has 0 fully saturated rings. The molecular weight excluding hydrogens is 312 g/mol. The van der Waals surface area contributed by atoms with Gasteiger partial charge >= 0.3 is 5.97 Å². The van der Waals surface area contributed by atoms with Gasteiger partial charge in [0.2, 0.25) is 5.56 Å². The van der Waals surface area contributed by atoms with Crippen LogP contribution in [0.3, 0.4) is 0 Å². The van der Waals surface area contributed by atoms with Crippen LogP contribution in [0, 0.1) is 0 Å². The van der Waals surface area contributed by atoms with Crippen LogP contribution in [-0.4, -0.2) is 16.1 Å². The normalized spacial score (nSPS) is 10.5. The van der Waals surface area contributed by atoms with Crippen molar-refractivity contribution >= 4 is 40.8 Å². The predicted molar refractivity (Wildman–Crippen MR) is 74.5 cm³/mol. The maximum Gasteiger partial charge on any atom is 0.336 e. The first-order valence-corrected chi connectivity index (χ1v) is 6.14. The second-order valence-corrected chi connectivity index (χ2v) is 4.90. The van der Waals surface area contributed by atoms with Gasteiger partial charge in [0.1, 0.15) is 0 Å². The smallest absolute Gasteiger partial charge is 0.336 e. The fraction of sp³-hybridized carbons (Fsp3) is 0. The average molecular weight is 319 g/mol. The van der Waals surface area contributed by atoms with Crippen LogP contribution in [0.4, 0.5) is 0 Å². The molecular formula is C12H6Cl3NO3. The summed E-state index contributed by atoms with van der Waals surface area (Å²) in [6.45, 7) is 0. The standard InChI is InChI=1S/C12H6Cl3NO3/c13-5-1-6(11(15)9(14)2-5)8-4-16-10(17)3-7(8)12(18)19/h1-4H,(H,16,17)(H,18,19). The number of carboxylic acid groups (broad SMARTS) is 1. The first-order chi connectivity index (χ1) is 8.90. The van der Waals surface area contributed by atoms with Crippen LogP contribution >= 0.6 is 34.8 Å². The predicted octanol–water partition coefficient (Wildman–Crippen LogP) is 3.70. The van der Waals surface area contributed by atoms with Crippen LogP contribution in [0.2, 0.25) is 15.1 Å². The molecule has 2 N–H and O–H groups in total. The molecule has 98 valence electrons. The van der Waals surface area contributed by atoms with E-state index in [4.69, 9.17) is 39.9 Å². The third-order valence-corrected chi connectivity index (χ3v) is 3.46. The van der Waals surface area contributed by atoms with Crippen LogP contribution in [0.15, 0.2) is 29.2 Å². The lowest BCUT2D eigenvalue weighted by atomic mass is 10.0. The monoisotopic (exact) mass is 317 g/mol. The van der Waals surface area contributed by atoms with Crippen LogP contribution in [0.1, 0.15) is 10.4 Å². The molecule has 0 aliphatic rings. The Balaban J connectivity index is 2.79. The van der Waals surface area contributed by atoms with Gasteiger partial charge in [0.25, 0.3) is 0 Å². The maximum absolute atomic E-state index is 11.2. The Morgan fingerprint density at radius 1 is 1.11 bits per heavy atom. The number of aromatic nitrogens is 1. The highest BCUT2D eigenvalue weighted by Gasteiger charge is 2.17. The molecule has 0 aliphatic heterocycles. The van der Waals surface area contributed by atoms with Crippen molar-refractivity contribution in [3.05, 3.63) is 55.4 Å². The van der Waals surface area contributed by atoms with E-state index in [0.29, 0.717) is 10.6 Å². The maximum atomic E-state index is 11.2. The number of hydrogen-bond donors (Lipinski definition) is 2. The van der Waals surface area contributed by atoms with Gasteiger partial charge in [-0.15, -0.1) is 0 Å². The molecule has 0 bridgehead atoms. The van der Waals surface area contributed by atoms with E-state index in [1.165, 1.54) is 18.3 Å². The Morgan fingerprint density at radius 2 is 1.79 bits per heavy atom. The van der Waals surface area contributed by atoms with Gasteiger partial charge in [-0.1, -0.05) is 34.8 Å². The highest BCUT2D eigenvalue weighted by atomic mass is 35.5. The summed E-state index contributed by atoms with van der Waals surface area (Å²) in [6.07, 6.45) is 1.26. The molecule has 0 amide bonds. The minimum absolute atomic E-state index is 0.167. The van der Waals surface area contributed by atoms with Gasteiger partial charge in [-0.05, 0) is 12.1 Å². The lowest BCUT2D eigenvalue weighted by Gasteiger charge is -2.09. The average Bonchev–Trinajstić information content (AvgIpc) is 2.34. The van der Waals surface area contributed by atoms with Gasteiger partial charge in [0, 0.05) is 28.4 Å². The minimum Gasteiger partial charge on any atom is -0.478 e. The molecule has 2 rings (SSSR count). The number of aromatic amines is 1. The molecule has 1 aromatic heterocycles. The van der Waals surface area contributed by atoms with Crippen molar-refractivity contribution < 1.29 is 9.90 Å². The number of hydrogen-bond acceptors (Lipinski definition) is 2. The number of carbonyl (C=O) groups is 1. The lowest BCUT2D eigenvalue weighted by molar-refractivity contribution is 0.0697. The summed E-state index contributed by atoms with van der Waals surface area (Å²) in [7, 11) is 0. The highest BCUT2D eigenvalue weighted by molar-refractivity contribution is 6.45. The van der Waals surface area contributed by atoms with E-state index in [9.17, 15) is 9.59 Å². The molecule has 2 aromatic rings. The van der Waals surface area contributed by atoms with Crippen molar-refractivity contribution in [2.45, 2.75) is 0 Å². The SMILES string of the molecule is O=C(O)c1cc(=O)[nH]cc1-c1cc(Cl)cc(Cl)c1Cl. The van der Waals surface area contributed by atoms with Crippen LogP contribution in [0.25, 0.3) is 11.1 Å². The summed E-state index contributed by atoms with van der Waals surface area (Å²) in [5, 5.41) is 9.80. The van der Waals surface area contributed by atoms with Gasteiger partial charge in [-0.3, -0.25) is 4.79 Å². The third kappa shape index (κ3) is 2.76. The summed E-state index contributed by atoms with van der Waals surface area (Å²) in [6, 6.07) is 3.90. The lowest BCUT2D eigenvalue weighted by Crippen LogP contribution is -2.10. The van der Waals surface area contributed by atoms with E-state index in [0.717, 1.165) is 6.07 Å². The van der Waals surface area contributed by atoms with E-state index in [2.05, 4.69) is 4.98 Å². The largest absolute Gasteiger partial charge is 0.478 e. The van der Waals surface area contributed by atoms with Crippen molar-refractivity contribution in [1.82, 2.24) is 4.98 Å². The zero-order chi connectivity index (χ0) is 14.2. The first-order valence-electron chi connectivity index (χ1n) is 5.01. The summed E-state index contributed by atoms with van der Waals surface area (Å²) in [5.74, 6) is -1.24. The molecule has 4 nitrogen and oxygen atoms in total. The van der Waals surface area contributed by atoms with Crippen LogP contribution < -0.4 is 5.56 Å². The summed E-state index contributed by atoms with van der Waals surface area (Å²) in [5.41, 5.74) is -0.122. The van der Waals surface area contributed by atoms with E-state index in [1.807, 2.05) is 0 Å². The van der Waals surface area contributed by atoms with Crippen molar-refractivity contribution in [2.75, 3.05) is 0 Å². The first kappa shape index (κ1) is 13.9. The molecule has 0 spiro atoms. The molecule has 7 heteroatoms. The quantitative estimate of drug-likeness (QED) is 0.829. The second kappa shape index (κ2) is 5.25. The zero-order valence-electron chi connectivity index (χ0n) is 9.21. The summed E-state index contributed by atoms with van der Waals surface area (Å²) < 4.78 is 0. The van der Waals surface area contributed by atoms with Gasteiger partial charge < -0.3 is 10.1 Å². The highest BCUT2D eigenvalue weighted by Crippen LogP contribution is 2.37. The fourth-order valence-corrected chi connectivity index (χ4v) is 2.33. The van der Waals surface area contributed by atoms with E-state index in [-0.39, 0.29) is 21.2 Å². The number of carboxylic acids is 1. The molecule has 0 radical (unpaired) electrons. The molecule has 0 saturated heterocycles. The Hall–Kier alpha value is -1.49. The molecule has 0 aliphatic carbocycles.